The van der Waals surface area contributed by atoms with Crippen molar-refractivity contribution in [1.82, 2.24) is 15.0 Å². The maximum Gasteiger partial charge on any atom is 0.146 e. The molecule has 0 amide bonds. The van der Waals surface area contributed by atoms with Gasteiger partial charge in [-0.05, 0) is 37.1 Å². The molecule has 20 heavy (non-hydrogen) atoms. The lowest BCUT2D eigenvalue weighted by molar-refractivity contribution is 0.301. The maximum atomic E-state index is 10.1. The quantitative estimate of drug-likeness (QED) is 0.792. The van der Waals surface area contributed by atoms with Gasteiger partial charge in [-0.25, -0.2) is 0 Å². The number of aromatic nitrogens is 3. The molecule has 5 nitrogen and oxygen atoms in total. The highest BCUT2D eigenvalue weighted by molar-refractivity contribution is 5.73. The Morgan fingerprint density at radius 2 is 1.75 bits per heavy atom. The van der Waals surface area contributed by atoms with E-state index in [1.165, 1.54) is 4.80 Å². The fourth-order valence-corrected chi connectivity index (χ4v) is 2.09. The van der Waals surface area contributed by atoms with E-state index in [0.717, 1.165) is 23.9 Å². The van der Waals surface area contributed by atoms with E-state index in [1.54, 1.807) is 12.1 Å². The van der Waals surface area contributed by atoms with Crippen LogP contribution in [0, 0.1) is 0 Å². The minimum atomic E-state index is 0.114. The molecule has 5 heteroatoms. The van der Waals surface area contributed by atoms with Crippen LogP contribution in [0.4, 0.5) is 0 Å². The number of aromatic hydroxyl groups is 1. The molecule has 1 N–H and O–H groups in total. The molecule has 0 spiro atoms. The highest BCUT2D eigenvalue weighted by Gasteiger charge is 2.23. The minimum Gasteiger partial charge on any atom is -0.505 e. The molecule has 0 saturated heterocycles. The van der Waals surface area contributed by atoms with E-state index >= 15 is 0 Å². The maximum absolute atomic E-state index is 10.1. The van der Waals surface area contributed by atoms with Gasteiger partial charge in [-0.3, -0.25) is 0 Å². The number of fused-ring (bicyclic) bond motifs is 1. The average Bonchev–Trinajstić information content (AvgIpc) is 3.15. The number of phenolic OH excluding ortho intramolecular Hbond substituents is 1. The molecule has 1 aliphatic rings. The summed E-state index contributed by atoms with van der Waals surface area (Å²) in [5, 5.41) is 18.8. The molecule has 3 aromatic rings. The van der Waals surface area contributed by atoms with Crippen LogP contribution in [-0.2, 0) is 0 Å². The summed E-state index contributed by atoms with van der Waals surface area (Å²) < 4.78 is 5.65. The van der Waals surface area contributed by atoms with Crippen molar-refractivity contribution in [2.24, 2.45) is 0 Å². The number of phenols is 1. The lowest BCUT2D eigenvalue weighted by Gasteiger charge is -2.07. The van der Waals surface area contributed by atoms with E-state index in [2.05, 4.69) is 10.2 Å². The predicted molar refractivity (Wildman–Crippen MR) is 74.2 cm³/mol. The number of hydrogen-bond donors (Lipinski definition) is 1. The van der Waals surface area contributed by atoms with Crippen LogP contribution in [0.1, 0.15) is 12.8 Å². The Balaban J connectivity index is 1.73. The highest BCUT2D eigenvalue weighted by atomic mass is 16.5. The zero-order valence-corrected chi connectivity index (χ0v) is 10.7. The average molecular weight is 267 g/mol. The third-order valence-electron chi connectivity index (χ3n) is 3.28. The fraction of sp³-hybridized carbons (Fsp3) is 0.200. The van der Waals surface area contributed by atoms with Crippen molar-refractivity contribution >= 4 is 11.0 Å². The molecular formula is C15H13N3O2. The second-order valence-corrected chi connectivity index (χ2v) is 4.95. The zero-order chi connectivity index (χ0) is 13.5. The Hall–Kier alpha value is -2.56. The first-order valence-electron chi connectivity index (χ1n) is 6.62. The molecule has 100 valence electrons. The molecule has 1 heterocycles. The molecule has 0 bridgehead atoms. The van der Waals surface area contributed by atoms with Gasteiger partial charge in [0.2, 0.25) is 0 Å². The molecule has 0 aliphatic heterocycles. The summed E-state index contributed by atoms with van der Waals surface area (Å²) in [6, 6.07) is 12.8. The van der Waals surface area contributed by atoms with Crippen LogP contribution in [-0.4, -0.2) is 26.2 Å². The number of nitrogens with zero attached hydrogens (tertiary/aromatic N) is 3. The monoisotopic (exact) mass is 267 g/mol. The SMILES string of the molecule is Oc1cc(OC2CC2)ccc1-n1nc2ccccc2n1. The van der Waals surface area contributed by atoms with E-state index in [-0.39, 0.29) is 5.75 Å². The molecule has 0 radical (unpaired) electrons. The van der Waals surface area contributed by atoms with Gasteiger partial charge in [0, 0.05) is 6.07 Å². The van der Waals surface area contributed by atoms with Gasteiger partial charge < -0.3 is 9.84 Å². The number of benzene rings is 2. The lowest BCUT2D eigenvalue weighted by atomic mass is 10.3. The van der Waals surface area contributed by atoms with Gasteiger partial charge in [0.15, 0.2) is 0 Å². The van der Waals surface area contributed by atoms with Crippen molar-refractivity contribution in [3.05, 3.63) is 42.5 Å². The first-order chi connectivity index (χ1) is 9.79. The summed E-state index contributed by atoms with van der Waals surface area (Å²) in [5.74, 6) is 0.800. The van der Waals surface area contributed by atoms with Crippen LogP contribution < -0.4 is 4.74 Å². The Morgan fingerprint density at radius 3 is 2.35 bits per heavy atom. The summed E-state index contributed by atoms with van der Waals surface area (Å²) in [7, 11) is 0. The normalized spacial score (nSPS) is 14.6. The van der Waals surface area contributed by atoms with Gasteiger partial charge in [-0.15, -0.1) is 15.0 Å². The van der Waals surface area contributed by atoms with Gasteiger partial charge in [0.05, 0.1) is 6.10 Å². The predicted octanol–water partition coefficient (Wildman–Crippen LogP) is 2.67. The lowest BCUT2D eigenvalue weighted by Crippen LogP contribution is -2.00. The van der Waals surface area contributed by atoms with Crippen molar-refractivity contribution in [2.45, 2.75) is 18.9 Å². The Kier molecular flexibility index (Phi) is 2.39. The second-order valence-electron chi connectivity index (χ2n) is 4.95. The van der Waals surface area contributed by atoms with Crippen molar-refractivity contribution in [3.63, 3.8) is 0 Å². The van der Waals surface area contributed by atoms with Gasteiger partial charge in [-0.1, -0.05) is 12.1 Å². The van der Waals surface area contributed by atoms with Crippen molar-refractivity contribution < 1.29 is 9.84 Å². The van der Waals surface area contributed by atoms with Gasteiger partial charge >= 0.3 is 0 Å². The smallest absolute Gasteiger partial charge is 0.146 e. The standard InChI is InChI=1S/C15H13N3O2/c19-15-9-11(20-10-5-6-10)7-8-14(15)18-16-12-3-1-2-4-13(12)17-18/h1-4,7-10,19H,5-6H2. The Labute approximate surface area is 115 Å². The summed E-state index contributed by atoms with van der Waals surface area (Å²) >= 11 is 0. The largest absolute Gasteiger partial charge is 0.505 e. The third-order valence-corrected chi connectivity index (χ3v) is 3.28. The molecule has 1 fully saturated rings. The molecule has 1 aromatic heterocycles. The Morgan fingerprint density at radius 1 is 1.05 bits per heavy atom. The molecular weight excluding hydrogens is 254 g/mol. The first-order valence-corrected chi connectivity index (χ1v) is 6.62. The summed E-state index contributed by atoms with van der Waals surface area (Å²) in [6.07, 6.45) is 2.49. The summed E-state index contributed by atoms with van der Waals surface area (Å²) in [4.78, 5) is 1.45. The zero-order valence-electron chi connectivity index (χ0n) is 10.7. The minimum absolute atomic E-state index is 0.114. The molecule has 1 saturated carbocycles. The van der Waals surface area contributed by atoms with E-state index in [1.807, 2.05) is 30.3 Å². The molecule has 4 rings (SSSR count). The van der Waals surface area contributed by atoms with Crippen molar-refractivity contribution in [3.8, 4) is 17.2 Å². The number of hydrogen-bond acceptors (Lipinski definition) is 4. The van der Waals surface area contributed by atoms with Crippen LogP contribution in [0.25, 0.3) is 16.7 Å². The fourth-order valence-electron chi connectivity index (χ4n) is 2.09. The Bertz CT molecular complexity index is 745. The van der Waals surface area contributed by atoms with Crippen molar-refractivity contribution in [1.29, 1.82) is 0 Å². The van der Waals surface area contributed by atoms with Gasteiger partial charge in [0.25, 0.3) is 0 Å². The van der Waals surface area contributed by atoms with Gasteiger partial charge in [0.1, 0.15) is 28.2 Å². The molecule has 0 atom stereocenters. The van der Waals surface area contributed by atoms with Crippen LogP contribution in [0.5, 0.6) is 11.5 Å². The topological polar surface area (TPSA) is 60.2 Å². The van der Waals surface area contributed by atoms with E-state index < -0.39 is 0 Å². The first kappa shape index (κ1) is 11.3. The molecule has 0 unspecified atom stereocenters. The van der Waals surface area contributed by atoms with Crippen LogP contribution in [0.3, 0.4) is 0 Å². The summed E-state index contributed by atoms with van der Waals surface area (Å²) in [5.41, 5.74) is 2.14. The van der Waals surface area contributed by atoms with Crippen LogP contribution in [0.15, 0.2) is 42.5 Å². The highest BCUT2D eigenvalue weighted by Crippen LogP contribution is 2.31. The van der Waals surface area contributed by atoms with Gasteiger partial charge in [-0.2, -0.15) is 0 Å². The number of ether oxygens (including phenoxy) is 1. The van der Waals surface area contributed by atoms with E-state index in [0.29, 0.717) is 17.5 Å². The summed E-state index contributed by atoms with van der Waals surface area (Å²) in [6.45, 7) is 0. The third kappa shape index (κ3) is 1.97. The van der Waals surface area contributed by atoms with Crippen molar-refractivity contribution in [2.75, 3.05) is 0 Å². The van der Waals surface area contributed by atoms with Crippen LogP contribution in [0.2, 0.25) is 0 Å². The van der Waals surface area contributed by atoms with E-state index in [9.17, 15) is 5.11 Å². The van der Waals surface area contributed by atoms with Crippen LogP contribution >= 0.6 is 0 Å². The molecule has 2 aromatic carbocycles. The molecule has 1 aliphatic carbocycles. The van der Waals surface area contributed by atoms with E-state index in [4.69, 9.17) is 4.74 Å². The second kappa shape index (κ2) is 4.23. The number of rotatable bonds is 3.